The summed E-state index contributed by atoms with van der Waals surface area (Å²) in [4.78, 5) is 0. The van der Waals surface area contributed by atoms with Crippen LogP contribution in [0.4, 0.5) is 10.4 Å². The largest absolute Gasteiger partial charge is 0.404 e. The van der Waals surface area contributed by atoms with E-state index in [9.17, 15) is 4.39 Å². The van der Waals surface area contributed by atoms with Crippen molar-refractivity contribution in [1.29, 1.82) is 0 Å². The number of hydrogen-bond donors (Lipinski definition) is 1. The molecule has 0 atom stereocenters. The molecule has 0 saturated carbocycles. The Hall–Kier alpha value is -2.17. The number of benzene rings is 1. The molecule has 0 bridgehead atoms. The summed E-state index contributed by atoms with van der Waals surface area (Å²) in [5.74, 6) is -0.000968. The molecule has 0 radical (unpaired) electrons. The van der Waals surface area contributed by atoms with E-state index in [4.69, 9.17) is 10.2 Å². The Bertz CT molecular complexity index is 493. The molecular formula is C10H8FN3O. The van der Waals surface area contributed by atoms with E-state index >= 15 is 0 Å². The summed E-state index contributed by atoms with van der Waals surface area (Å²) < 4.78 is 17.7. The molecule has 15 heavy (non-hydrogen) atoms. The third-order valence-corrected chi connectivity index (χ3v) is 1.72. The highest BCUT2D eigenvalue weighted by Crippen LogP contribution is 2.09. The molecule has 5 heteroatoms. The monoisotopic (exact) mass is 205 g/mol. The summed E-state index contributed by atoms with van der Waals surface area (Å²) in [6.45, 7) is 0. The number of nitrogen functional groups attached to an aromatic ring is 1. The molecule has 2 N–H and O–H groups in total. The molecule has 0 unspecified atom stereocenters. The van der Waals surface area contributed by atoms with Gasteiger partial charge in [0.05, 0.1) is 0 Å². The number of aromatic nitrogens is 2. The third-order valence-electron chi connectivity index (χ3n) is 1.72. The van der Waals surface area contributed by atoms with Crippen LogP contribution in [-0.4, -0.2) is 10.2 Å². The number of nitrogens with two attached hydrogens (primary N) is 1. The van der Waals surface area contributed by atoms with E-state index in [1.165, 1.54) is 12.1 Å². The van der Waals surface area contributed by atoms with Gasteiger partial charge in [0.15, 0.2) is 0 Å². The predicted molar refractivity (Wildman–Crippen MR) is 54.0 cm³/mol. The van der Waals surface area contributed by atoms with E-state index in [0.717, 1.165) is 0 Å². The predicted octanol–water partition coefficient (Wildman–Crippen LogP) is 1.96. The Labute approximate surface area is 85.2 Å². The summed E-state index contributed by atoms with van der Waals surface area (Å²) >= 11 is 0. The van der Waals surface area contributed by atoms with Gasteiger partial charge in [0.1, 0.15) is 5.82 Å². The van der Waals surface area contributed by atoms with Crippen LogP contribution < -0.4 is 5.73 Å². The summed E-state index contributed by atoms with van der Waals surface area (Å²) in [7, 11) is 0. The van der Waals surface area contributed by atoms with E-state index in [2.05, 4.69) is 10.2 Å². The Kier molecular flexibility index (Phi) is 2.45. The Morgan fingerprint density at radius 3 is 2.80 bits per heavy atom. The lowest BCUT2D eigenvalue weighted by Crippen LogP contribution is -1.81. The zero-order valence-corrected chi connectivity index (χ0v) is 7.72. The second-order valence-corrected chi connectivity index (χ2v) is 2.87. The van der Waals surface area contributed by atoms with Crippen molar-refractivity contribution in [3.8, 4) is 0 Å². The van der Waals surface area contributed by atoms with Crippen LogP contribution in [0.1, 0.15) is 11.5 Å². The van der Waals surface area contributed by atoms with Gasteiger partial charge < -0.3 is 10.2 Å². The molecule has 0 aliphatic carbocycles. The SMILES string of the molecule is Nc1nnc(C=Cc2cccc(F)c2)o1. The van der Waals surface area contributed by atoms with Crippen molar-refractivity contribution in [3.05, 3.63) is 41.5 Å². The molecule has 2 aromatic rings. The number of halogens is 1. The minimum atomic E-state index is -0.290. The van der Waals surface area contributed by atoms with Crippen LogP contribution in [-0.2, 0) is 0 Å². The molecule has 0 aliphatic rings. The molecule has 4 nitrogen and oxygen atoms in total. The maximum atomic E-state index is 12.8. The van der Waals surface area contributed by atoms with Gasteiger partial charge in [0.25, 0.3) is 0 Å². The van der Waals surface area contributed by atoms with Gasteiger partial charge >= 0.3 is 6.01 Å². The maximum Gasteiger partial charge on any atom is 0.313 e. The minimum Gasteiger partial charge on any atom is -0.404 e. The molecule has 0 amide bonds. The van der Waals surface area contributed by atoms with Crippen molar-refractivity contribution in [1.82, 2.24) is 10.2 Å². The average Bonchev–Trinajstić information content (AvgIpc) is 2.62. The van der Waals surface area contributed by atoms with Crippen LogP contribution in [0.15, 0.2) is 28.7 Å². The first-order chi connectivity index (χ1) is 7.24. The quantitative estimate of drug-likeness (QED) is 0.813. The fraction of sp³-hybridized carbons (Fsp3) is 0. The van der Waals surface area contributed by atoms with Crippen molar-refractivity contribution in [2.24, 2.45) is 0 Å². The van der Waals surface area contributed by atoms with Crippen LogP contribution in [0.25, 0.3) is 12.2 Å². The second-order valence-electron chi connectivity index (χ2n) is 2.87. The molecule has 0 spiro atoms. The topological polar surface area (TPSA) is 64.9 Å². The zero-order valence-electron chi connectivity index (χ0n) is 7.72. The molecule has 1 heterocycles. The van der Waals surface area contributed by atoms with Crippen LogP contribution in [0.3, 0.4) is 0 Å². The minimum absolute atomic E-state index is 0.00823. The molecule has 0 saturated heterocycles. The molecule has 0 fully saturated rings. The first kappa shape index (κ1) is 9.39. The highest BCUT2D eigenvalue weighted by atomic mass is 19.1. The van der Waals surface area contributed by atoms with Crippen molar-refractivity contribution in [2.75, 3.05) is 5.73 Å². The van der Waals surface area contributed by atoms with E-state index in [1.54, 1.807) is 24.3 Å². The summed E-state index contributed by atoms with van der Waals surface area (Å²) in [6, 6.07) is 6.17. The number of hydrogen-bond acceptors (Lipinski definition) is 4. The molecule has 0 aliphatic heterocycles. The van der Waals surface area contributed by atoms with Crippen molar-refractivity contribution in [3.63, 3.8) is 0 Å². The van der Waals surface area contributed by atoms with E-state index in [-0.39, 0.29) is 17.7 Å². The van der Waals surface area contributed by atoms with Gasteiger partial charge in [0.2, 0.25) is 5.89 Å². The smallest absolute Gasteiger partial charge is 0.313 e. The van der Waals surface area contributed by atoms with Crippen LogP contribution in [0, 0.1) is 5.82 Å². The fourth-order valence-corrected chi connectivity index (χ4v) is 1.09. The normalized spacial score (nSPS) is 11.0. The Morgan fingerprint density at radius 2 is 2.13 bits per heavy atom. The van der Waals surface area contributed by atoms with Gasteiger partial charge in [-0.15, -0.1) is 5.10 Å². The number of nitrogens with zero attached hydrogens (tertiary/aromatic N) is 2. The standard InChI is InChI=1S/C10H8FN3O/c11-8-3-1-2-7(6-8)4-5-9-13-14-10(12)15-9/h1-6H,(H2,12,14). The Morgan fingerprint density at radius 1 is 1.27 bits per heavy atom. The first-order valence-electron chi connectivity index (χ1n) is 4.27. The van der Waals surface area contributed by atoms with Gasteiger partial charge in [0, 0.05) is 6.08 Å². The van der Waals surface area contributed by atoms with Crippen LogP contribution in [0.2, 0.25) is 0 Å². The highest BCUT2D eigenvalue weighted by molar-refractivity contribution is 5.65. The van der Waals surface area contributed by atoms with Crippen molar-refractivity contribution >= 4 is 18.2 Å². The van der Waals surface area contributed by atoms with Crippen LogP contribution >= 0.6 is 0 Å². The van der Waals surface area contributed by atoms with Gasteiger partial charge in [-0.2, -0.15) is 0 Å². The number of rotatable bonds is 2. The molecule has 1 aromatic heterocycles. The van der Waals surface area contributed by atoms with Gasteiger partial charge in [-0.05, 0) is 23.8 Å². The van der Waals surface area contributed by atoms with E-state index < -0.39 is 0 Å². The molecular weight excluding hydrogens is 197 g/mol. The molecule has 2 rings (SSSR count). The zero-order chi connectivity index (χ0) is 10.7. The van der Waals surface area contributed by atoms with E-state index in [1.807, 2.05) is 0 Å². The highest BCUT2D eigenvalue weighted by Gasteiger charge is 1.97. The third kappa shape index (κ3) is 2.40. The molecule has 76 valence electrons. The summed E-state index contributed by atoms with van der Waals surface area (Å²) in [5.41, 5.74) is 5.95. The summed E-state index contributed by atoms with van der Waals surface area (Å²) in [6.07, 6.45) is 3.23. The van der Waals surface area contributed by atoms with Gasteiger partial charge in [-0.25, -0.2) is 4.39 Å². The maximum absolute atomic E-state index is 12.8. The van der Waals surface area contributed by atoms with Gasteiger partial charge in [-0.1, -0.05) is 17.2 Å². The van der Waals surface area contributed by atoms with Crippen molar-refractivity contribution < 1.29 is 8.81 Å². The molecule has 1 aromatic carbocycles. The number of anilines is 1. The first-order valence-corrected chi connectivity index (χ1v) is 4.27. The second kappa shape index (κ2) is 3.91. The van der Waals surface area contributed by atoms with E-state index in [0.29, 0.717) is 5.56 Å². The Balaban J connectivity index is 2.18. The lowest BCUT2D eigenvalue weighted by Gasteiger charge is -1.91. The van der Waals surface area contributed by atoms with Gasteiger partial charge in [-0.3, -0.25) is 0 Å². The lowest BCUT2D eigenvalue weighted by atomic mass is 10.2. The summed E-state index contributed by atoms with van der Waals surface area (Å²) in [5, 5.41) is 7.11. The fourth-order valence-electron chi connectivity index (χ4n) is 1.09. The van der Waals surface area contributed by atoms with Crippen molar-refractivity contribution in [2.45, 2.75) is 0 Å². The lowest BCUT2D eigenvalue weighted by molar-refractivity contribution is 0.563. The average molecular weight is 205 g/mol. The van der Waals surface area contributed by atoms with Crippen LogP contribution in [0.5, 0.6) is 0 Å².